The summed E-state index contributed by atoms with van der Waals surface area (Å²) in [7, 11) is 0. The molecule has 2 aromatic rings. The Kier molecular flexibility index (Phi) is 5.33. The lowest BCUT2D eigenvalue weighted by atomic mass is 10.1. The molecule has 0 bridgehead atoms. The molecule has 2 aromatic carbocycles. The normalized spacial score (nSPS) is 10.2. The number of anilines is 1. The monoisotopic (exact) mass is 382 g/mol. The van der Waals surface area contributed by atoms with Gasteiger partial charge in [-0.2, -0.15) is 0 Å². The van der Waals surface area contributed by atoms with Crippen LogP contribution in [0.4, 0.5) is 5.69 Å². The third kappa shape index (κ3) is 4.52. The summed E-state index contributed by atoms with van der Waals surface area (Å²) in [6, 6.07) is 12.4. The summed E-state index contributed by atoms with van der Waals surface area (Å²) >= 11 is 14.1. The van der Waals surface area contributed by atoms with Crippen molar-refractivity contribution in [1.29, 1.82) is 0 Å². The highest BCUT2D eigenvalue weighted by Crippen LogP contribution is 2.22. The minimum atomic E-state index is -0.230. The van der Waals surface area contributed by atoms with Gasteiger partial charge in [0.25, 0.3) is 5.91 Å². The van der Waals surface area contributed by atoms with E-state index in [9.17, 15) is 4.79 Å². The SMILES string of the molecule is NC(=S)Cc1ccc(NC(=O)c2cc(Cl)ccc2Br)cc1. The molecule has 0 spiro atoms. The summed E-state index contributed by atoms with van der Waals surface area (Å²) in [6.45, 7) is 0. The number of carbonyl (C=O) groups is 1. The van der Waals surface area contributed by atoms with E-state index in [0.29, 0.717) is 32.2 Å². The maximum Gasteiger partial charge on any atom is 0.256 e. The molecule has 0 atom stereocenters. The van der Waals surface area contributed by atoms with Gasteiger partial charge in [0.2, 0.25) is 0 Å². The molecular weight excluding hydrogens is 372 g/mol. The first-order valence-electron chi connectivity index (χ1n) is 6.09. The van der Waals surface area contributed by atoms with E-state index in [1.165, 1.54) is 0 Å². The molecule has 1 amide bonds. The molecule has 108 valence electrons. The fraction of sp³-hybridized carbons (Fsp3) is 0.0667. The second-order valence-corrected chi connectivity index (χ2v) is 6.23. The Morgan fingerprint density at radius 3 is 2.52 bits per heavy atom. The molecule has 0 heterocycles. The van der Waals surface area contributed by atoms with Crippen molar-refractivity contribution in [3.8, 4) is 0 Å². The summed E-state index contributed by atoms with van der Waals surface area (Å²) in [4.78, 5) is 12.6. The average molecular weight is 384 g/mol. The Morgan fingerprint density at radius 2 is 1.90 bits per heavy atom. The first-order chi connectivity index (χ1) is 9.95. The van der Waals surface area contributed by atoms with Crippen LogP contribution >= 0.6 is 39.7 Å². The molecule has 0 saturated carbocycles. The topological polar surface area (TPSA) is 55.1 Å². The highest BCUT2D eigenvalue weighted by Gasteiger charge is 2.11. The molecule has 0 radical (unpaired) electrons. The van der Waals surface area contributed by atoms with Crippen LogP contribution in [0.15, 0.2) is 46.9 Å². The third-order valence-electron chi connectivity index (χ3n) is 2.76. The summed E-state index contributed by atoms with van der Waals surface area (Å²) in [6.07, 6.45) is 0.545. The van der Waals surface area contributed by atoms with Crippen molar-refractivity contribution in [2.45, 2.75) is 6.42 Å². The van der Waals surface area contributed by atoms with E-state index < -0.39 is 0 Å². The van der Waals surface area contributed by atoms with E-state index in [4.69, 9.17) is 29.6 Å². The molecule has 0 aliphatic rings. The molecule has 0 aliphatic carbocycles. The van der Waals surface area contributed by atoms with E-state index in [2.05, 4.69) is 21.2 Å². The molecule has 3 nitrogen and oxygen atoms in total. The van der Waals surface area contributed by atoms with Gasteiger partial charge in [0.1, 0.15) is 0 Å². The van der Waals surface area contributed by atoms with Crippen molar-refractivity contribution in [3.05, 3.63) is 63.1 Å². The predicted molar refractivity (Wildman–Crippen MR) is 94.0 cm³/mol. The Hall–Kier alpha value is -1.43. The van der Waals surface area contributed by atoms with Gasteiger partial charge >= 0.3 is 0 Å². The fourth-order valence-electron chi connectivity index (χ4n) is 1.78. The number of halogens is 2. The Bertz CT molecular complexity index is 689. The molecule has 0 fully saturated rings. The second-order valence-electron chi connectivity index (χ2n) is 4.42. The van der Waals surface area contributed by atoms with Crippen LogP contribution in [-0.4, -0.2) is 10.9 Å². The van der Waals surface area contributed by atoms with Crippen LogP contribution in [0.2, 0.25) is 5.02 Å². The van der Waals surface area contributed by atoms with Crippen LogP contribution in [-0.2, 0) is 6.42 Å². The number of carbonyl (C=O) groups excluding carboxylic acids is 1. The van der Waals surface area contributed by atoms with Crippen molar-refractivity contribution in [2.24, 2.45) is 5.73 Å². The Morgan fingerprint density at radius 1 is 1.24 bits per heavy atom. The second kappa shape index (κ2) is 7.02. The van der Waals surface area contributed by atoms with E-state index in [0.717, 1.165) is 5.56 Å². The third-order valence-corrected chi connectivity index (χ3v) is 3.83. The lowest BCUT2D eigenvalue weighted by molar-refractivity contribution is 0.102. The molecule has 0 unspecified atom stereocenters. The Balaban J connectivity index is 2.12. The largest absolute Gasteiger partial charge is 0.393 e. The number of amides is 1. The van der Waals surface area contributed by atoms with Crippen LogP contribution in [0.1, 0.15) is 15.9 Å². The average Bonchev–Trinajstić information content (AvgIpc) is 2.43. The number of nitrogens with one attached hydrogen (secondary N) is 1. The zero-order valence-electron chi connectivity index (χ0n) is 10.9. The lowest BCUT2D eigenvalue weighted by Crippen LogP contribution is -2.13. The van der Waals surface area contributed by atoms with Crippen molar-refractivity contribution in [1.82, 2.24) is 0 Å². The van der Waals surface area contributed by atoms with E-state index in [1.807, 2.05) is 24.3 Å². The van der Waals surface area contributed by atoms with Gasteiger partial charge < -0.3 is 11.1 Å². The van der Waals surface area contributed by atoms with Gasteiger partial charge in [-0.1, -0.05) is 36.0 Å². The minimum absolute atomic E-state index is 0.230. The molecule has 2 rings (SSSR count). The number of benzene rings is 2. The highest BCUT2D eigenvalue weighted by molar-refractivity contribution is 9.10. The van der Waals surface area contributed by atoms with Crippen LogP contribution in [0, 0.1) is 0 Å². The van der Waals surface area contributed by atoms with Crippen LogP contribution < -0.4 is 11.1 Å². The smallest absolute Gasteiger partial charge is 0.256 e. The first kappa shape index (κ1) is 15.9. The van der Waals surface area contributed by atoms with Gasteiger partial charge in [-0.25, -0.2) is 0 Å². The molecule has 21 heavy (non-hydrogen) atoms. The quantitative estimate of drug-likeness (QED) is 0.779. The number of rotatable bonds is 4. The van der Waals surface area contributed by atoms with Gasteiger partial charge in [-0.05, 0) is 51.8 Å². The summed E-state index contributed by atoms with van der Waals surface area (Å²) in [5.41, 5.74) is 7.67. The lowest BCUT2D eigenvalue weighted by Gasteiger charge is -2.08. The van der Waals surface area contributed by atoms with Crippen LogP contribution in [0.5, 0.6) is 0 Å². The first-order valence-corrected chi connectivity index (χ1v) is 7.67. The minimum Gasteiger partial charge on any atom is -0.393 e. The standard InChI is InChI=1S/C15H12BrClN2OS/c16-13-6-3-10(17)8-12(13)15(20)19-11-4-1-9(2-5-11)7-14(18)21/h1-6,8H,7H2,(H2,18,21)(H,19,20). The number of thiocarbonyl (C=S) groups is 1. The zero-order valence-corrected chi connectivity index (χ0v) is 14.1. The summed E-state index contributed by atoms with van der Waals surface area (Å²) in [5.74, 6) is -0.230. The molecule has 0 saturated heterocycles. The predicted octanol–water partition coefficient (Wildman–Crippen LogP) is 4.18. The molecule has 6 heteroatoms. The van der Waals surface area contributed by atoms with Gasteiger partial charge in [0.05, 0.1) is 10.6 Å². The highest BCUT2D eigenvalue weighted by atomic mass is 79.9. The van der Waals surface area contributed by atoms with Crippen molar-refractivity contribution >= 4 is 56.3 Å². The van der Waals surface area contributed by atoms with Gasteiger partial charge in [0.15, 0.2) is 0 Å². The van der Waals surface area contributed by atoms with E-state index in [-0.39, 0.29) is 5.91 Å². The van der Waals surface area contributed by atoms with Gasteiger partial charge in [-0.3, -0.25) is 4.79 Å². The maximum atomic E-state index is 12.2. The molecular formula is C15H12BrClN2OS. The van der Waals surface area contributed by atoms with Gasteiger partial charge in [-0.15, -0.1) is 0 Å². The van der Waals surface area contributed by atoms with Gasteiger partial charge in [0, 0.05) is 21.6 Å². The summed E-state index contributed by atoms with van der Waals surface area (Å²) < 4.78 is 0.689. The molecule has 0 aromatic heterocycles. The number of hydrogen-bond donors (Lipinski definition) is 2. The van der Waals surface area contributed by atoms with Crippen molar-refractivity contribution in [2.75, 3.05) is 5.32 Å². The van der Waals surface area contributed by atoms with E-state index >= 15 is 0 Å². The van der Waals surface area contributed by atoms with Crippen molar-refractivity contribution < 1.29 is 4.79 Å². The van der Waals surface area contributed by atoms with Crippen LogP contribution in [0.3, 0.4) is 0 Å². The zero-order chi connectivity index (χ0) is 15.4. The maximum absolute atomic E-state index is 12.2. The molecule has 3 N–H and O–H groups in total. The fourth-order valence-corrected chi connectivity index (χ4v) is 2.54. The summed E-state index contributed by atoms with van der Waals surface area (Å²) in [5, 5.41) is 3.32. The Labute approximate surface area is 141 Å². The van der Waals surface area contributed by atoms with E-state index in [1.54, 1.807) is 18.2 Å². The number of nitrogens with two attached hydrogens (primary N) is 1. The molecule has 0 aliphatic heterocycles. The van der Waals surface area contributed by atoms with Crippen molar-refractivity contribution in [3.63, 3.8) is 0 Å². The number of hydrogen-bond acceptors (Lipinski definition) is 2. The van der Waals surface area contributed by atoms with Crippen LogP contribution in [0.25, 0.3) is 0 Å².